The number of alkyl carbamates (subject to hydrolysis) is 1. The molecule has 2 amide bonds. The fraction of sp³-hybridized carbons (Fsp3) is 0.619. The number of hydrogen-bond donors (Lipinski definition) is 1. The van der Waals surface area contributed by atoms with Crippen molar-refractivity contribution < 1.29 is 14.3 Å². The van der Waals surface area contributed by atoms with Crippen LogP contribution in [-0.4, -0.2) is 53.6 Å². The Morgan fingerprint density at radius 3 is 2.37 bits per heavy atom. The van der Waals surface area contributed by atoms with E-state index in [1.807, 2.05) is 25.1 Å². The normalized spacial score (nSPS) is 12.7. The molecular weight excluding hydrogens is 360 g/mol. The molecule has 1 rings (SSSR count). The van der Waals surface area contributed by atoms with Crippen molar-refractivity contribution in [2.75, 3.05) is 25.1 Å². The van der Waals surface area contributed by atoms with Crippen LogP contribution >= 0.6 is 11.8 Å². The van der Waals surface area contributed by atoms with Crippen molar-refractivity contribution in [2.24, 2.45) is 0 Å². The van der Waals surface area contributed by atoms with Gasteiger partial charge in [-0.05, 0) is 77.6 Å². The van der Waals surface area contributed by atoms with Gasteiger partial charge in [0.15, 0.2) is 0 Å². The largest absolute Gasteiger partial charge is 0.444 e. The number of amides is 2. The molecule has 0 unspecified atom stereocenters. The molecule has 0 fully saturated rings. The summed E-state index contributed by atoms with van der Waals surface area (Å²) < 4.78 is 5.18. The van der Waals surface area contributed by atoms with Crippen LogP contribution in [0.5, 0.6) is 0 Å². The highest BCUT2D eigenvalue weighted by Crippen LogP contribution is 2.10. The van der Waals surface area contributed by atoms with Crippen LogP contribution in [0.4, 0.5) is 4.79 Å². The molecule has 0 aromatic heterocycles. The molecule has 0 aliphatic carbocycles. The van der Waals surface area contributed by atoms with Crippen molar-refractivity contribution in [2.45, 2.75) is 58.6 Å². The number of hydrogen-bond acceptors (Lipinski definition) is 5. The summed E-state index contributed by atoms with van der Waals surface area (Å²) in [5.41, 5.74) is 0.675. The fourth-order valence-electron chi connectivity index (χ4n) is 2.72. The Bertz CT molecular complexity index is 573. The predicted octanol–water partition coefficient (Wildman–Crippen LogP) is 4.11. The molecule has 1 atom stereocenters. The van der Waals surface area contributed by atoms with E-state index in [2.05, 4.69) is 28.6 Å². The maximum Gasteiger partial charge on any atom is 0.414 e. The third kappa shape index (κ3) is 10.4. The van der Waals surface area contributed by atoms with Crippen LogP contribution in [0.3, 0.4) is 0 Å². The van der Waals surface area contributed by atoms with E-state index in [1.54, 1.807) is 32.5 Å². The first kappa shape index (κ1) is 23.5. The number of aryl methyl sites for hydroxylation is 1. The van der Waals surface area contributed by atoms with E-state index in [0.717, 1.165) is 38.1 Å². The second-order valence-electron chi connectivity index (χ2n) is 7.64. The van der Waals surface area contributed by atoms with Gasteiger partial charge in [0.25, 0.3) is 0 Å². The Morgan fingerprint density at radius 2 is 1.78 bits per heavy atom. The van der Waals surface area contributed by atoms with Crippen LogP contribution in [0.2, 0.25) is 0 Å². The Labute approximate surface area is 168 Å². The van der Waals surface area contributed by atoms with Crippen molar-refractivity contribution in [1.29, 1.82) is 0 Å². The highest BCUT2D eigenvalue weighted by Gasteiger charge is 2.25. The van der Waals surface area contributed by atoms with E-state index in [-0.39, 0.29) is 11.9 Å². The maximum atomic E-state index is 12.5. The van der Waals surface area contributed by atoms with Crippen molar-refractivity contribution in [3.63, 3.8) is 0 Å². The molecule has 0 saturated carbocycles. The third-order valence-electron chi connectivity index (χ3n) is 4.10. The molecule has 0 spiro atoms. The molecule has 0 aliphatic heterocycles. The molecule has 0 bridgehead atoms. The van der Waals surface area contributed by atoms with Gasteiger partial charge in [-0.15, -0.1) is 0 Å². The number of carbonyl (C=O) groups excluding carboxylic acids is 2. The van der Waals surface area contributed by atoms with Gasteiger partial charge in [0.05, 0.1) is 6.04 Å². The third-order valence-corrected chi connectivity index (χ3v) is 4.80. The first-order chi connectivity index (χ1) is 12.7. The van der Waals surface area contributed by atoms with Gasteiger partial charge in [0, 0.05) is 0 Å². The monoisotopic (exact) mass is 394 g/mol. The van der Waals surface area contributed by atoms with E-state index in [1.165, 1.54) is 5.56 Å². The van der Waals surface area contributed by atoms with E-state index < -0.39 is 11.7 Å². The standard InChI is InChI=1S/C21H34N2O3S/c1-17(19(24)22-20(25)26-21(2,3)4)23(15-10-16-27-5)14-9-13-18-11-7-6-8-12-18/h6-8,11-12,17H,9-10,13-16H2,1-5H3,(H,22,24,25)/t17-/m1/s1. The minimum absolute atomic E-state index is 0.312. The summed E-state index contributed by atoms with van der Waals surface area (Å²) in [5, 5.41) is 2.37. The Morgan fingerprint density at radius 1 is 1.15 bits per heavy atom. The highest BCUT2D eigenvalue weighted by molar-refractivity contribution is 7.98. The Kier molecular flexibility index (Phi) is 10.5. The number of benzene rings is 1. The quantitative estimate of drug-likeness (QED) is 0.605. The van der Waals surface area contributed by atoms with Crippen LogP contribution in [0.25, 0.3) is 0 Å². The lowest BCUT2D eigenvalue weighted by Gasteiger charge is -2.28. The van der Waals surface area contributed by atoms with Crippen LogP contribution in [0.15, 0.2) is 30.3 Å². The van der Waals surface area contributed by atoms with Crippen LogP contribution in [-0.2, 0) is 16.0 Å². The first-order valence-electron chi connectivity index (χ1n) is 9.53. The number of nitrogens with one attached hydrogen (secondary N) is 1. The van der Waals surface area contributed by atoms with Crippen LogP contribution < -0.4 is 5.32 Å². The minimum atomic E-state index is -0.687. The summed E-state index contributed by atoms with van der Waals surface area (Å²) in [4.78, 5) is 26.5. The molecule has 1 aromatic rings. The smallest absolute Gasteiger partial charge is 0.414 e. The van der Waals surface area contributed by atoms with Gasteiger partial charge < -0.3 is 4.74 Å². The predicted molar refractivity (Wildman–Crippen MR) is 113 cm³/mol. The van der Waals surface area contributed by atoms with E-state index in [4.69, 9.17) is 4.74 Å². The molecule has 27 heavy (non-hydrogen) atoms. The van der Waals surface area contributed by atoms with Gasteiger partial charge in [0.1, 0.15) is 5.60 Å². The lowest BCUT2D eigenvalue weighted by molar-refractivity contribution is -0.125. The van der Waals surface area contributed by atoms with Gasteiger partial charge in [0.2, 0.25) is 5.91 Å². The zero-order valence-electron chi connectivity index (χ0n) is 17.3. The minimum Gasteiger partial charge on any atom is -0.444 e. The van der Waals surface area contributed by atoms with Crippen molar-refractivity contribution in [3.8, 4) is 0 Å². The lowest BCUT2D eigenvalue weighted by atomic mass is 10.1. The Hall–Kier alpha value is -1.53. The molecule has 0 radical (unpaired) electrons. The van der Waals surface area contributed by atoms with E-state index >= 15 is 0 Å². The number of nitrogens with zero attached hydrogens (tertiary/aromatic N) is 1. The molecule has 152 valence electrons. The second-order valence-corrected chi connectivity index (χ2v) is 8.62. The molecule has 0 aliphatic rings. The van der Waals surface area contributed by atoms with Gasteiger partial charge in [-0.2, -0.15) is 11.8 Å². The summed E-state index contributed by atoms with van der Waals surface area (Å²) >= 11 is 1.80. The number of carbonyl (C=O) groups is 2. The molecule has 5 nitrogen and oxygen atoms in total. The Balaban J connectivity index is 2.58. The summed E-state index contributed by atoms with van der Waals surface area (Å²) in [6.45, 7) is 8.82. The van der Waals surface area contributed by atoms with Gasteiger partial charge in [-0.3, -0.25) is 15.0 Å². The second kappa shape index (κ2) is 12.0. The van der Waals surface area contributed by atoms with E-state index in [0.29, 0.717) is 0 Å². The maximum absolute atomic E-state index is 12.5. The molecule has 1 aromatic carbocycles. The van der Waals surface area contributed by atoms with E-state index in [9.17, 15) is 9.59 Å². The lowest BCUT2D eigenvalue weighted by Crippen LogP contribution is -2.48. The van der Waals surface area contributed by atoms with Crippen LogP contribution in [0, 0.1) is 0 Å². The van der Waals surface area contributed by atoms with Crippen LogP contribution in [0.1, 0.15) is 46.1 Å². The fourth-order valence-corrected chi connectivity index (χ4v) is 3.13. The SMILES string of the molecule is CSCCCN(CCCc1ccccc1)[C@H](C)C(=O)NC(=O)OC(C)(C)C. The summed E-state index contributed by atoms with van der Waals surface area (Å²) in [7, 11) is 0. The van der Waals surface area contributed by atoms with Gasteiger partial charge >= 0.3 is 6.09 Å². The van der Waals surface area contributed by atoms with Crippen molar-refractivity contribution >= 4 is 23.8 Å². The molecule has 0 heterocycles. The highest BCUT2D eigenvalue weighted by atomic mass is 32.2. The number of thioether (sulfide) groups is 1. The van der Waals surface area contributed by atoms with Gasteiger partial charge in [-0.25, -0.2) is 4.79 Å². The first-order valence-corrected chi connectivity index (χ1v) is 10.9. The zero-order valence-corrected chi connectivity index (χ0v) is 18.1. The van der Waals surface area contributed by atoms with Crippen molar-refractivity contribution in [3.05, 3.63) is 35.9 Å². The zero-order chi connectivity index (χ0) is 20.3. The van der Waals surface area contributed by atoms with Crippen molar-refractivity contribution in [1.82, 2.24) is 10.2 Å². The summed E-state index contributed by atoms with van der Waals surface area (Å²) in [5.74, 6) is 0.739. The number of imide groups is 1. The molecule has 0 saturated heterocycles. The summed E-state index contributed by atoms with van der Waals surface area (Å²) in [6.07, 6.45) is 4.34. The topological polar surface area (TPSA) is 58.6 Å². The van der Waals surface area contributed by atoms with Gasteiger partial charge in [-0.1, -0.05) is 30.3 Å². The summed E-state index contributed by atoms with van der Waals surface area (Å²) in [6, 6.07) is 9.97. The average molecular weight is 395 g/mol. The number of rotatable bonds is 10. The molecule has 6 heteroatoms. The molecular formula is C21H34N2O3S. The average Bonchev–Trinajstić information content (AvgIpc) is 2.59. The molecule has 1 N–H and O–H groups in total. The number of ether oxygens (including phenoxy) is 1.